The second kappa shape index (κ2) is 7.51. The van der Waals surface area contributed by atoms with Crippen molar-refractivity contribution in [1.82, 2.24) is 0 Å². The number of anilines is 1. The number of nitro groups is 1. The SMILES string of the molecule is NC(=NCc1ccccc1[N+](=O)[O-])Nc1ccccc1OC(F)(F)F. The first kappa shape index (κ1) is 18.0. The molecule has 10 heteroatoms. The first-order chi connectivity index (χ1) is 11.8. The van der Waals surface area contributed by atoms with Crippen molar-refractivity contribution in [3.05, 3.63) is 64.2 Å². The van der Waals surface area contributed by atoms with Crippen molar-refractivity contribution in [2.45, 2.75) is 12.9 Å². The second-order valence-electron chi connectivity index (χ2n) is 4.76. The van der Waals surface area contributed by atoms with Gasteiger partial charge in [0.05, 0.1) is 22.7 Å². The van der Waals surface area contributed by atoms with Gasteiger partial charge < -0.3 is 15.8 Å². The van der Waals surface area contributed by atoms with Crippen LogP contribution in [-0.2, 0) is 6.54 Å². The number of alkyl halides is 3. The Morgan fingerprint density at radius 3 is 2.52 bits per heavy atom. The van der Waals surface area contributed by atoms with Crippen molar-refractivity contribution in [2.24, 2.45) is 10.7 Å². The van der Waals surface area contributed by atoms with Crippen LogP contribution in [0.25, 0.3) is 0 Å². The molecule has 0 aromatic heterocycles. The lowest BCUT2D eigenvalue weighted by molar-refractivity contribution is -0.385. The van der Waals surface area contributed by atoms with Gasteiger partial charge in [0.25, 0.3) is 5.69 Å². The molecule has 0 aliphatic heterocycles. The third kappa shape index (κ3) is 5.37. The number of halogens is 3. The predicted molar refractivity (Wildman–Crippen MR) is 85.2 cm³/mol. The summed E-state index contributed by atoms with van der Waals surface area (Å²) < 4.78 is 41.0. The number of benzene rings is 2. The van der Waals surface area contributed by atoms with Crippen molar-refractivity contribution in [1.29, 1.82) is 0 Å². The fourth-order valence-corrected chi connectivity index (χ4v) is 1.95. The van der Waals surface area contributed by atoms with Crippen LogP contribution in [0.4, 0.5) is 24.5 Å². The minimum Gasteiger partial charge on any atom is -0.404 e. The third-order valence-electron chi connectivity index (χ3n) is 2.98. The number of nitrogens with zero attached hydrogens (tertiary/aromatic N) is 2. The van der Waals surface area contributed by atoms with E-state index in [4.69, 9.17) is 5.73 Å². The third-order valence-corrected chi connectivity index (χ3v) is 2.98. The molecule has 0 fully saturated rings. The van der Waals surface area contributed by atoms with E-state index in [1.807, 2.05) is 0 Å². The summed E-state index contributed by atoms with van der Waals surface area (Å²) in [7, 11) is 0. The molecule has 2 rings (SSSR count). The molecule has 0 spiro atoms. The Morgan fingerprint density at radius 2 is 1.84 bits per heavy atom. The lowest BCUT2D eigenvalue weighted by Crippen LogP contribution is -2.24. The summed E-state index contributed by atoms with van der Waals surface area (Å²) in [6.45, 7) is -0.113. The van der Waals surface area contributed by atoms with Gasteiger partial charge in [-0.3, -0.25) is 10.1 Å². The smallest absolute Gasteiger partial charge is 0.404 e. The minimum absolute atomic E-state index is 0.0383. The Balaban J connectivity index is 2.14. The normalized spacial score (nSPS) is 11.9. The van der Waals surface area contributed by atoms with E-state index in [9.17, 15) is 23.3 Å². The summed E-state index contributed by atoms with van der Waals surface area (Å²) in [6.07, 6.45) is -4.85. The van der Waals surface area contributed by atoms with Crippen LogP contribution in [-0.4, -0.2) is 17.2 Å². The van der Waals surface area contributed by atoms with Crippen molar-refractivity contribution >= 4 is 17.3 Å². The Labute approximate surface area is 140 Å². The highest BCUT2D eigenvalue weighted by atomic mass is 19.4. The number of hydrogen-bond donors (Lipinski definition) is 2. The molecular weight excluding hydrogens is 341 g/mol. The monoisotopic (exact) mass is 354 g/mol. The molecular formula is C15H13F3N4O3. The molecule has 25 heavy (non-hydrogen) atoms. The van der Waals surface area contributed by atoms with Gasteiger partial charge in [0.2, 0.25) is 0 Å². The zero-order valence-electron chi connectivity index (χ0n) is 12.7. The van der Waals surface area contributed by atoms with Crippen molar-refractivity contribution < 1.29 is 22.8 Å². The number of aliphatic imine (C=N–C) groups is 1. The van der Waals surface area contributed by atoms with Crippen molar-refractivity contribution in [2.75, 3.05) is 5.32 Å². The highest BCUT2D eigenvalue weighted by Gasteiger charge is 2.32. The molecule has 0 heterocycles. The molecule has 2 aromatic rings. The molecule has 0 bridgehead atoms. The van der Waals surface area contributed by atoms with Crippen LogP contribution in [0.3, 0.4) is 0 Å². The zero-order valence-corrected chi connectivity index (χ0v) is 12.7. The average Bonchev–Trinajstić information content (AvgIpc) is 2.53. The Kier molecular flexibility index (Phi) is 5.42. The summed E-state index contributed by atoms with van der Waals surface area (Å²) in [5.41, 5.74) is 5.80. The maximum Gasteiger partial charge on any atom is 0.573 e. The van der Waals surface area contributed by atoms with Crippen LogP contribution in [0.5, 0.6) is 5.75 Å². The standard InChI is InChI=1S/C15H13F3N4O3/c16-15(17,18)25-13-8-4-2-6-11(13)21-14(19)20-9-10-5-1-3-7-12(10)22(23)24/h1-8H,9H2,(H3,19,20,21). The lowest BCUT2D eigenvalue weighted by Gasteiger charge is -2.14. The van der Waals surface area contributed by atoms with Gasteiger partial charge in [-0.1, -0.05) is 30.3 Å². The molecule has 7 nitrogen and oxygen atoms in total. The van der Waals surface area contributed by atoms with Crippen LogP contribution < -0.4 is 15.8 Å². The van der Waals surface area contributed by atoms with Crippen LogP contribution in [0.1, 0.15) is 5.56 Å². The van der Waals surface area contributed by atoms with Gasteiger partial charge in [-0.2, -0.15) is 0 Å². The molecule has 2 aromatic carbocycles. The number of nitrogens with one attached hydrogen (secondary N) is 1. The van der Waals surface area contributed by atoms with E-state index in [-0.39, 0.29) is 23.9 Å². The number of rotatable bonds is 5. The van der Waals surface area contributed by atoms with E-state index in [1.54, 1.807) is 6.07 Å². The van der Waals surface area contributed by atoms with Crippen LogP contribution in [0, 0.1) is 10.1 Å². The Bertz CT molecular complexity index is 794. The molecule has 0 aliphatic carbocycles. The van der Waals surface area contributed by atoms with Gasteiger partial charge >= 0.3 is 6.36 Å². The van der Waals surface area contributed by atoms with Crippen molar-refractivity contribution in [3.8, 4) is 5.75 Å². The number of ether oxygens (including phenoxy) is 1. The molecule has 0 radical (unpaired) electrons. The minimum atomic E-state index is -4.85. The van der Waals surface area contributed by atoms with Crippen LogP contribution in [0.2, 0.25) is 0 Å². The molecule has 132 valence electrons. The fraction of sp³-hybridized carbons (Fsp3) is 0.133. The Morgan fingerprint density at radius 1 is 1.20 bits per heavy atom. The van der Waals surface area contributed by atoms with E-state index >= 15 is 0 Å². The predicted octanol–water partition coefficient (Wildman–Crippen LogP) is 3.42. The highest BCUT2D eigenvalue weighted by Crippen LogP contribution is 2.29. The highest BCUT2D eigenvalue weighted by molar-refractivity contribution is 5.93. The summed E-state index contributed by atoms with van der Waals surface area (Å²) in [5, 5.41) is 13.4. The average molecular weight is 354 g/mol. The lowest BCUT2D eigenvalue weighted by atomic mass is 10.2. The number of para-hydroxylation sites is 3. The molecule has 0 saturated carbocycles. The summed E-state index contributed by atoms with van der Waals surface area (Å²) in [4.78, 5) is 14.3. The van der Waals surface area contributed by atoms with Gasteiger partial charge in [-0.05, 0) is 12.1 Å². The molecule has 0 saturated heterocycles. The maximum absolute atomic E-state index is 12.4. The van der Waals surface area contributed by atoms with E-state index in [0.29, 0.717) is 5.56 Å². The van der Waals surface area contributed by atoms with Crippen molar-refractivity contribution in [3.63, 3.8) is 0 Å². The fourth-order valence-electron chi connectivity index (χ4n) is 1.95. The van der Waals surface area contributed by atoms with Gasteiger partial charge in [0, 0.05) is 6.07 Å². The van der Waals surface area contributed by atoms with Gasteiger partial charge in [0.15, 0.2) is 11.7 Å². The van der Waals surface area contributed by atoms with E-state index in [1.165, 1.54) is 36.4 Å². The molecule has 0 unspecified atom stereocenters. The van der Waals surface area contributed by atoms with Crippen LogP contribution >= 0.6 is 0 Å². The molecule has 0 atom stereocenters. The van der Waals surface area contributed by atoms with Gasteiger partial charge in [0.1, 0.15) is 0 Å². The van der Waals surface area contributed by atoms with E-state index in [2.05, 4.69) is 15.0 Å². The van der Waals surface area contributed by atoms with E-state index < -0.39 is 17.0 Å². The molecule has 0 aliphatic rings. The summed E-state index contributed by atoms with van der Waals surface area (Å²) >= 11 is 0. The first-order valence-electron chi connectivity index (χ1n) is 6.90. The first-order valence-corrected chi connectivity index (χ1v) is 6.90. The number of nitrogens with two attached hydrogens (primary N) is 1. The van der Waals surface area contributed by atoms with Gasteiger partial charge in [-0.25, -0.2) is 4.99 Å². The number of hydrogen-bond acceptors (Lipinski definition) is 4. The maximum atomic E-state index is 12.4. The van der Waals surface area contributed by atoms with E-state index in [0.717, 1.165) is 6.07 Å². The number of guanidine groups is 1. The topological polar surface area (TPSA) is 103 Å². The van der Waals surface area contributed by atoms with Gasteiger partial charge in [-0.15, -0.1) is 13.2 Å². The summed E-state index contributed by atoms with van der Waals surface area (Å²) in [5.74, 6) is -0.685. The second-order valence-corrected chi connectivity index (χ2v) is 4.76. The molecule has 3 N–H and O–H groups in total. The van der Waals surface area contributed by atoms with Crippen LogP contribution in [0.15, 0.2) is 53.5 Å². The number of nitro benzene ring substituents is 1. The largest absolute Gasteiger partial charge is 0.573 e. The Hall–Kier alpha value is -3.30. The molecule has 0 amide bonds. The quantitative estimate of drug-likeness (QED) is 0.371. The zero-order chi connectivity index (χ0) is 18.4. The summed E-state index contributed by atoms with van der Waals surface area (Å²) in [6, 6.07) is 11.2.